The lowest BCUT2D eigenvalue weighted by Crippen LogP contribution is -2.60. The summed E-state index contributed by atoms with van der Waals surface area (Å²) >= 11 is 0. The lowest BCUT2D eigenvalue weighted by molar-refractivity contribution is -0.128. The van der Waals surface area contributed by atoms with Crippen LogP contribution in [-0.4, -0.2) is 56.6 Å². The van der Waals surface area contributed by atoms with Crippen LogP contribution >= 0.6 is 0 Å². The van der Waals surface area contributed by atoms with Gasteiger partial charge in [0.05, 0.1) is 0 Å². The molecule has 1 N–H and O–H groups in total. The van der Waals surface area contributed by atoms with Crippen LogP contribution < -0.4 is 5.32 Å². The van der Waals surface area contributed by atoms with Crippen LogP contribution in [0.2, 0.25) is 0 Å². The summed E-state index contributed by atoms with van der Waals surface area (Å²) in [5, 5.41) is 6.78. The summed E-state index contributed by atoms with van der Waals surface area (Å²) in [5.41, 5.74) is 0.403. The zero-order chi connectivity index (χ0) is 18.2. The Kier molecular flexibility index (Phi) is 4.91. The number of nitrogens with one attached hydrogen (secondary N) is 1. The molecule has 0 radical (unpaired) electrons. The van der Waals surface area contributed by atoms with Crippen molar-refractivity contribution in [1.29, 1.82) is 0 Å². The molecule has 1 saturated carbocycles. The van der Waals surface area contributed by atoms with Gasteiger partial charge in [-0.2, -0.15) is 4.31 Å². The van der Waals surface area contributed by atoms with Gasteiger partial charge in [0.15, 0.2) is 5.76 Å². The van der Waals surface area contributed by atoms with Gasteiger partial charge in [-0.1, -0.05) is 5.16 Å². The SMILES string of the molecule is COCC(=O)NC1CCC12CCN(S(=O)(=O)c1c(C)noc1C)CC2. The fourth-order valence-corrected chi connectivity index (χ4v) is 5.76. The third-order valence-corrected chi connectivity index (χ3v) is 7.71. The van der Waals surface area contributed by atoms with Crippen molar-refractivity contribution in [3.8, 4) is 0 Å². The van der Waals surface area contributed by atoms with Crippen LogP contribution in [0.15, 0.2) is 9.42 Å². The van der Waals surface area contributed by atoms with Crippen LogP contribution in [0, 0.1) is 19.3 Å². The topological polar surface area (TPSA) is 102 Å². The minimum Gasteiger partial charge on any atom is -0.375 e. The van der Waals surface area contributed by atoms with E-state index in [1.165, 1.54) is 11.4 Å². The highest BCUT2D eigenvalue weighted by molar-refractivity contribution is 7.89. The van der Waals surface area contributed by atoms with Gasteiger partial charge in [-0.3, -0.25) is 4.79 Å². The highest BCUT2D eigenvalue weighted by Gasteiger charge is 2.50. The molecular weight excluding hydrogens is 346 g/mol. The largest absolute Gasteiger partial charge is 0.375 e. The maximum absolute atomic E-state index is 12.9. The molecule has 0 bridgehead atoms. The fraction of sp³-hybridized carbons (Fsp3) is 0.750. The second kappa shape index (κ2) is 6.69. The number of ether oxygens (including phenoxy) is 1. The summed E-state index contributed by atoms with van der Waals surface area (Å²) < 4.78 is 37.2. The van der Waals surface area contributed by atoms with Crippen LogP contribution in [0.4, 0.5) is 0 Å². The van der Waals surface area contributed by atoms with Gasteiger partial charge in [-0.25, -0.2) is 8.42 Å². The normalized spacial score (nSPS) is 23.4. The van der Waals surface area contributed by atoms with E-state index in [0.29, 0.717) is 24.5 Å². The first-order valence-electron chi connectivity index (χ1n) is 8.51. The average Bonchev–Trinajstić information content (AvgIpc) is 2.91. The molecule has 140 valence electrons. The molecular formula is C16H25N3O5S. The Morgan fingerprint density at radius 2 is 2.04 bits per heavy atom. The molecule has 2 aliphatic rings. The average molecular weight is 371 g/mol. The Labute approximate surface area is 147 Å². The summed E-state index contributed by atoms with van der Waals surface area (Å²) in [4.78, 5) is 11.9. The van der Waals surface area contributed by atoms with E-state index in [9.17, 15) is 13.2 Å². The molecule has 1 saturated heterocycles. The molecule has 1 aromatic heterocycles. The minimum atomic E-state index is -3.59. The zero-order valence-electron chi connectivity index (χ0n) is 14.9. The number of carbonyl (C=O) groups is 1. The quantitative estimate of drug-likeness (QED) is 0.828. The molecule has 1 unspecified atom stereocenters. The standard InChI is InChI=1S/C16H25N3O5S/c1-11-15(12(2)24-18-11)25(21,22)19-8-6-16(7-9-19)5-4-13(16)17-14(20)10-23-3/h13H,4-10H2,1-3H3,(H,17,20). The second-order valence-electron chi connectivity index (χ2n) is 7.01. The van der Waals surface area contributed by atoms with Gasteiger partial charge >= 0.3 is 0 Å². The summed E-state index contributed by atoms with van der Waals surface area (Å²) in [6.45, 7) is 4.21. The number of hydrogen-bond donors (Lipinski definition) is 1. The first-order valence-corrected chi connectivity index (χ1v) is 9.95. The highest BCUT2D eigenvalue weighted by Crippen LogP contribution is 2.49. The van der Waals surface area contributed by atoms with E-state index in [-0.39, 0.29) is 28.9 Å². The lowest BCUT2D eigenvalue weighted by atomic mass is 9.59. The summed E-state index contributed by atoms with van der Waals surface area (Å²) in [5.74, 6) is 0.212. The number of amides is 1. The molecule has 3 rings (SSSR count). The number of carbonyl (C=O) groups excluding carboxylic acids is 1. The predicted molar refractivity (Wildman–Crippen MR) is 89.4 cm³/mol. The Bertz CT molecular complexity index is 730. The molecule has 0 aromatic carbocycles. The summed E-state index contributed by atoms with van der Waals surface area (Å²) in [6, 6.07) is 0.110. The van der Waals surface area contributed by atoms with Gasteiger partial charge in [0.25, 0.3) is 0 Å². The van der Waals surface area contributed by atoms with E-state index < -0.39 is 10.0 Å². The van der Waals surface area contributed by atoms with E-state index in [2.05, 4.69) is 10.5 Å². The predicted octanol–water partition coefficient (Wildman–Crippen LogP) is 0.987. The molecule has 1 aliphatic carbocycles. The van der Waals surface area contributed by atoms with E-state index in [4.69, 9.17) is 9.26 Å². The van der Waals surface area contributed by atoms with Crippen LogP contribution in [0.5, 0.6) is 0 Å². The second-order valence-corrected chi connectivity index (χ2v) is 8.89. The third-order valence-electron chi connectivity index (χ3n) is 5.56. The van der Waals surface area contributed by atoms with Crippen molar-refractivity contribution in [3.05, 3.63) is 11.5 Å². The van der Waals surface area contributed by atoms with Gasteiger partial charge in [0.2, 0.25) is 15.9 Å². The van der Waals surface area contributed by atoms with E-state index in [0.717, 1.165) is 25.7 Å². The molecule has 1 aromatic rings. The fourth-order valence-electron chi connectivity index (χ4n) is 4.03. The third kappa shape index (κ3) is 3.20. The van der Waals surface area contributed by atoms with E-state index in [1.54, 1.807) is 13.8 Å². The first kappa shape index (κ1) is 18.3. The van der Waals surface area contributed by atoms with Crippen LogP contribution in [0.3, 0.4) is 0 Å². The Hall–Kier alpha value is -1.45. The van der Waals surface area contributed by atoms with Crippen molar-refractivity contribution in [3.63, 3.8) is 0 Å². The number of rotatable bonds is 5. The van der Waals surface area contributed by atoms with Crippen molar-refractivity contribution in [2.24, 2.45) is 5.41 Å². The number of piperidine rings is 1. The van der Waals surface area contributed by atoms with Crippen molar-refractivity contribution in [1.82, 2.24) is 14.8 Å². The van der Waals surface area contributed by atoms with Crippen LogP contribution in [0.1, 0.15) is 37.1 Å². The van der Waals surface area contributed by atoms with Crippen molar-refractivity contribution in [2.75, 3.05) is 26.8 Å². The molecule has 1 amide bonds. The molecule has 1 spiro atoms. The van der Waals surface area contributed by atoms with Gasteiger partial charge in [-0.15, -0.1) is 0 Å². The van der Waals surface area contributed by atoms with Crippen LogP contribution in [-0.2, 0) is 19.6 Å². The van der Waals surface area contributed by atoms with Gasteiger partial charge in [-0.05, 0) is 44.9 Å². The Balaban J connectivity index is 1.67. The maximum Gasteiger partial charge on any atom is 0.248 e. The number of hydrogen-bond acceptors (Lipinski definition) is 6. The molecule has 1 atom stereocenters. The highest BCUT2D eigenvalue weighted by atomic mass is 32.2. The summed E-state index contributed by atoms with van der Waals surface area (Å²) in [6.07, 6.45) is 3.44. The van der Waals surface area contributed by atoms with Gasteiger partial charge in [0, 0.05) is 26.2 Å². The summed E-state index contributed by atoms with van der Waals surface area (Å²) in [7, 11) is -2.10. The lowest BCUT2D eigenvalue weighted by Gasteiger charge is -2.53. The first-order chi connectivity index (χ1) is 11.8. The molecule has 9 heteroatoms. The Morgan fingerprint density at radius 1 is 1.36 bits per heavy atom. The number of nitrogens with zero attached hydrogens (tertiary/aromatic N) is 2. The van der Waals surface area contributed by atoms with Crippen molar-refractivity contribution >= 4 is 15.9 Å². The van der Waals surface area contributed by atoms with Gasteiger partial charge in [0.1, 0.15) is 17.2 Å². The molecule has 2 heterocycles. The van der Waals surface area contributed by atoms with E-state index >= 15 is 0 Å². The minimum absolute atomic E-state index is 0.00809. The molecule has 8 nitrogen and oxygen atoms in total. The van der Waals surface area contributed by atoms with Gasteiger partial charge < -0.3 is 14.6 Å². The van der Waals surface area contributed by atoms with Crippen molar-refractivity contribution in [2.45, 2.75) is 50.5 Å². The molecule has 2 fully saturated rings. The smallest absolute Gasteiger partial charge is 0.248 e. The monoisotopic (exact) mass is 371 g/mol. The number of aryl methyl sites for hydroxylation is 2. The number of sulfonamides is 1. The molecule has 1 aliphatic heterocycles. The Morgan fingerprint density at radius 3 is 2.52 bits per heavy atom. The van der Waals surface area contributed by atoms with Crippen molar-refractivity contribution < 1.29 is 22.5 Å². The molecule has 25 heavy (non-hydrogen) atoms. The van der Waals surface area contributed by atoms with Crippen LogP contribution in [0.25, 0.3) is 0 Å². The zero-order valence-corrected chi connectivity index (χ0v) is 15.7. The number of aromatic nitrogens is 1. The van der Waals surface area contributed by atoms with E-state index in [1.807, 2.05) is 0 Å². The number of methoxy groups -OCH3 is 1. The maximum atomic E-state index is 12.9.